The second-order valence-electron chi connectivity index (χ2n) is 6.41. The minimum absolute atomic E-state index is 0.690. The van der Waals surface area contributed by atoms with Gasteiger partial charge in [-0.1, -0.05) is 57.1 Å². The van der Waals surface area contributed by atoms with Crippen LogP contribution in [0.1, 0.15) is 66.2 Å². The molecule has 0 amide bonds. The van der Waals surface area contributed by atoms with Gasteiger partial charge in [-0.3, -0.25) is 4.99 Å². The minimum atomic E-state index is 0.690. The van der Waals surface area contributed by atoms with Gasteiger partial charge in [0.15, 0.2) is 0 Å². The molecule has 2 nitrogen and oxygen atoms in total. The number of rotatable bonds is 11. The molecular weight excluding hydrogens is 280 g/mol. The van der Waals surface area contributed by atoms with Crippen LogP contribution in [0, 0.1) is 5.92 Å². The van der Waals surface area contributed by atoms with Crippen LogP contribution in [-0.2, 0) is 0 Å². The topological polar surface area (TPSA) is 24.4 Å². The van der Waals surface area contributed by atoms with Crippen LogP contribution in [0.5, 0.6) is 0 Å². The highest BCUT2D eigenvalue weighted by Crippen LogP contribution is 2.31. The normalized spacial score (nSPS) is 17.0. The third-order valence-corrected chi connectivity index (χ3v) is 4.13. The van der Waals surface area contributed by atoms with Gasteiger partial charge >= 0.3 is 0 Å². The molecule has 0 unspecified atom stereocenters. The molecule has 0 aromatic rings. The fraction of sp³-hybridized carbons (Fsp3) is 0.571. The first kappa shape index (κ1) is 19.5. The van der Waals surface area contributed by atoms with Gasteiger partial charge in [0.1, 0.15) is 0 Å². The van der Waals surface area contributed by atoms with E-state index in [4.69, 9.17) is 4.99 Å². The highest BCUT2D eigenvalue weighted by Gasteiger charge is 2.24. The van der Waals surface area contributed by atoms with Crippen LogP contribution in [0.15, 0.2) is 52.8 Å². The van der Waals surface area contributed by atoms with Gasteiger partial charge in [0.25, 0.3) is 0 Å². The van der Waals surface area contributed by atoms with Crippen molar-refractivity contribution in [3.63, 3.8) is 0 Å². The monoisotopic (exact) mass is 314 g/mol. The summed E-state index contributed by atoms with van der Waals surface area (Å²) in [6.07, 6.45) is 15.9. The maximum absolute atomic E-state index is 4.89. The number of hydrogen-bond acceptors (Lipinski definition) is 2. The van der Waals surface area contributed by atoms with E-state index in [2.05, 4.69) is 44.8 Å². The smallest absolute Gasteiger partial charge is 0.0883 e. The molecule has 1 aliphatic rings. The Morgan fingerprint density at radius 2 is 1.91 bits per heavy atom. The van der Waals surface area contributed by atoms with Crippen molar-refractivity contribution in [3.05, 3.63) is 47.9 Å². The largest absolute Gasteiger partial charge is 0.384 e. The average Bonchev–Trinajstić information content (AvgIpc) is 3.37. The molecule has 0 atom stereocenters. The van der Waals surface area contributed by atoms with E-state index in [-0.39, 0.29) is 0 Å². The first-order chi connectivity index (χ1) is 11.1. The molecule has 0 bridgehead atoms. The average molecular weight is 315 g/mol. The lowest BCUT2D eigenvalue weighted by Gasteiger charge is -2.13. The van der Waals surface area contributed by atoms with E-state index < -0.39 is 0 Å². The summed E-state index contributed by atoms with van der Waals surface area (Å²) in [4.78, 5) is 4.89. The molecule has 1 rings (SSSR count). The highest BCUT2D eigenvalue weighted by molar-refractivity contribution is 5.87. The summed E-state index contributed by atoms with van der Waals surface area (Å²) in [5.74, 6) is 0.690. The second-order valence-corrected chi connectivity index (χ2v) is 6.41. The van der Waals surface area contributed by atoms with Crippen LogP contribution in [-0.4, -0.2) is 12.3 Å². The lowest BCUT2D eigenvalue weighted by atomic mass is 10.1. The number of hydrogen-bond donors (Lipinski definition) is 1. The molecule has 0 aromatic heterocycles. The molecule has 0 radical (unpaired) electrons. The van der Waals surface area contributed by atoms with Crippen molar-refractivity contribution >= 4 is 5.71 Å². The van der Waals surface area contributed by atoms with Crippen molar-refractivity contribution in [3.8, 4) is 0 Å². The molecule has 0 aromatic carbocycles. The fourth-order valence-corrected chi connectivity index (χ4v) is 2.43. The SMILES string of the molecule is C=C(NCCCCCC)\C(N=C(C)C1CC1)=C(C)/C=C\C=C/C. The van der Waals surface area contributed by atoms with Gasteiger partial charge in [0.05, 0.1) is 11.4 Å². The lowest BCUT2D eigenvalue weighted by molar-refractivity contribution is 0.637. The molecular formula is C21H34N2. The second kappa shape index (κ2) is 11.0. The zero-order chi connectivity index (χ0) is 17.1. The van der Waals surface area contributed by atoms with Crippen LogP contribution in [0.3, 0.4) is 0 Å². The van der Waals surface area contributed by atoms with E-state index in [1.807, 2.05) is 19.1 Å². The number of nitrogens with one attached hydrogen (secondary N) is 1. The van der Waals surface area contributed by atoms with Crippen molar-refractivity contribution in [1.29, 1.82) is 0 Å². The van der Waals surface area contributed by atoms with Gasteiger partial charge in [-0.15, -0.1) is 0 Å². The Labute approximate surface area is 143 Å². The van der Waals surface area contributed by atoms with E-state index in [0.29, 0.717) is 5.92 Å². The molecule has 1 aliphatic carbocycles. The summed E-state index contributed by atoms with van der Waals surface area (Å²) in [6.45, 7) is 13.7. The van der Waals surface area contributed by atoms with Crippen molar-refractivity contribution in [2.24, 2.45) is 10.9 Å². The molecule has 128 valence electrons. The number of allylic oxidation sites excluding steroid dienone is 5. The predicted octanol–water partition coefficient (Wildman–Crippen LogP) is 5.95. The van der Waals surface area contributed by atoms with Gasteiger partial charge in [-0.25, -0.2) is 0 Å². The zero-order valence-corrected chi connectivity index (χ0v) is 15.5. The zero-order valence-electron chi connectivity index (χ0n) is 15.5. The van der Waals surface area contributed by atoms with Crippen LogP contribution >= 0.6 is 0 Å². The summed E-state index contributed by atoms with van der Waals surface area (Å²) in [6, 6.07) is 0. The molecule has 1 saturated carbocycles. The van der Waals surface area contributed by atoms with Crippen LogP contribution in [0.4, 0.5) is 0 Å². The predicted molar refractivity (Wildman–Crippen MR) is 104 cm³/mol. The number of unbranched alkanes of at least 4 members (excludes halogenated alkanes) is 3. The maximum atomic E-state index is 4.89. The highest BCUT2D eigenvalue weighted by atomic mass is 14.9. The Hall–Kier alpha value is -1.57. The van der Waals surface area contributed by atoms with E-state index in [0.717, 1.165) is 23.5 Å². The van der Waals surface area contributed by atoms with Crippen molar-refractivity contribution in [2.45, 2.75) is 66.2 Å². The molecule has 0 aliphatic heterocycles. The van der Waals surface area contributed by atoms with E-state index in [9.17, 15) is 0 Å². The molecule has 1 N–H and O–H groups in total. The van der Waals surface area contributed by atoms with Gasteiger partial charge in [-0.05, 0) is 51.5 Å². The molecule has 23 heavy (non-hydrogen) atoms. The van der Waals surface area contributed by atoms with Gasteiger partial charge in [-0.2, -0.15) is 0 Å². The minimum Gasteiger partial charge on any atom is -0.384 e. The van der Waals surface area contributed by atoms with E-state index in [1.54, 1.807) is 0 Å². The Bertz CT molecular complexity index is 488. The lowest BCUT2D eigenvalue weighted by Crippen LogP contribution is -2.16. The van der Waals surface area contributed by atoms with Gasteiger partial charge in [0.2, 0.25) is 0 Å². The third-order valence-electron chi connectivity index (χ3n) is 4.13. The molecule has 0 saturated heterocycles. The van der Waals surface area contributed by atoms with Gasteiger partial charge in [0, 0.05) is 12.3 Å². The van der Waals surface area contributed by atoms with Crippen molar-refractivity contribution in [1.82, 2.24) is 5.32 Å². The fourth-order valence-electron chi connectivity index (χ4n) is 2.43. The summed E-state index contributed by atoms with van der Waals surface area (Å²) >= 11 is 0. The first-order valence-electron chi connectivity index (χ1n) is 9.08. The number of nitrogens with zero attached hydrogens (tertiary/aromatic N) is 1. The molecule has 2 heteroatoms. The maximum Gasteiger partial charge on any atom is 0.0883 e. The number of aliphatic imine (C=N–C) groups is 1. The standard InChI is InChI=1S/C21H34N2/c1-6-8-10-12-16-22-19(5)21(17(3)13-11-9-7-2)23-18(4)20-14-15-20/h7,9,11,13,20,22H,5-6,8,10,12,14-16H2,1-4H3/b9-7-,13-11-,21-17+,23-18?. The Morgan fingerprint density at radius 1 is 1.17 bits per heavy atom. The molecule has 0 spiro atoms. The Morgan fingerprint density at radius 3 is 2.52 bits per heavy atom. The summed E-state index contributed by atoms with van der Waals surface area (Å²) in [5.41, 5.74) is 4.36. The Balaban J connectivity index is 2.75. The third kappa shape index (κ3) is 8.01. The molecule has 1 fully saturated rings. The summed E-state index contributed by atoms with van der Waals surface area (Å²) in [5, 5.41) is 3.47. The van der Waals surface area contributed by atoms with Gasteiger partial charge < -0.3 is 5.32 Å². The summed E-state index contributed by atoms with van der Waals surface area (Å²) < 4.78 is 0. The quantitative estimate of drug-likeness (QED) is 0.284. The Kier molecular flexibility index (Phi) is 9.35. The first-order valence-corrected chi connectivity index (χ1v) is 9.08. The van der Waals surface area contributed by atoms with E-state index in [1.165, 1.54) is 44.2 Å². The van der Waals surface area contributed by atoms with Crippen LogP contribution < -0.4 is 5.32 Å². The van der Waals surface area contributed by atoms with E-state index >= 15 is 0 Å². The summed E-state index contributed by atoms with van der Waals surface area (Å²) in [7, 11) is 0. The van der Waals surface area contributed by atoms with Crippen molar-refractivity contribution < 1.29 is 0 Å². The van der Waals surface area contributed by atoms with Crippen LogP contribution in [0.2, 0.25) is 0 Å². The molecule has 0 heterocycles. The van der Waals surface area contributed by atoms with Crippen LogP contribution in [0.25, 0.3) is 0 Å². The van der Waals surface area contributed by atoms with Crippen molar-refractivity contribution in [2.75, 3.05) is 6.54 Å².